The Labute approximate surface area is 90.6 Å². The molecule has 0 bridgehead atoms. The fourth-order valence-electron chi connectivity index (χ4n) is 2.35. The molecule has 1 heterocycles. The van der Waals surface area contributed by atoms with Gasteiger partial charge in [-0.1, -0.05) is 32.1 Å². The molecule has 0 radical (unpaired) electrons. The fourth-order valence-corrected chi connectivity index (χ4v) is 5.84. The van der Waals surface area contributed by atoms with Crippen molar-refractivity contribution in [2.24, 2.45) is 0 Å². The van der Waals surface area contributed by atoms with Gasteiger partial charge >= 0.3 is 0 Å². The maximum Gasteiger partial charge on any atom is 0.0611 e. The lowest BCUT2D eigenvalue weighted by Gasteiger charge is -2.37. The van der Waals surface area contributed by atoms with Gasteiger partial charge in [0.05, 0.1) is 4.08 Å². The summed E-state index contributed by atoms with van der Waals surface area (Å²) in [6.07, 6.45) is 11.9. The highest BCUT2D eigenvalue weighted by Gasteiger charge is 2.32. The van der Waals surface area contributed by atoms with Gasteiger partial charge in [-0.3, -0.25) is 0 Å². The lowest BCUT2D eigenvalue weighted by molar-refractivity contribution is 0.492. The molecule has 0 nitrogen and oxygen atoms in total. The molecule has 13 heavy (non-hydrogen) atoms. The molecule has 1 spiro atoms. The van der Waals surface area contributed by atoms with Gasteiger partial charge in [-0.25, -0.2) is 0 Å². The molecule has 2 fully saturated rings. The van der Waals surface area contributed by atoms with Crippen molar-refractivity contribution in [3.63, 3.8) is 0 Å². The van der Waals surface area contributed by atoms with Crippen molar-refractivity contribution in [3.05, 3.63) is 0 Å². The van der Waals surface area contributed by atoms with Gasteiger partial charge in [0.2, 0.25) is 0 Å². The van der Waals surface area contributed by atoms with E-state index in [1.54, 1.807) is 0 Å². The van der Waals surface area contributed by atoms with Crippen LogP contribution in [0.15, 0.2) is 0 Å². The first-order valence-corrected chi connectivity index (χ1v) is 7.66. The topological polar surface area (TPSA) is 0 Å². The zero-order valence-electron chi connectivity index (χ0n) is 8.39. The number of thioether (sulfide) groups is 2. The van der Waals surface area contributed by atoms with E-state index >= 15 is 0 Å². The lowest BCUT2D eigenvalue weighted by Crippen LogP contribution is -2.25. The van der Waals surface area contributed by atoms with Crippen LogP contribution in [-0.2, 0) is 0 Å². The maximum atomic E-state index is 2.27. The standard InChI is InChI=1S/C11H20S2/c1-2-4-7-11(8-5-3-1)12-9-6-10-13-11/h1-10H2. The van der Waals surface area contributed by atoms with Crippen molar-refractivity contribution in [3.8, 4) is 0 Å². The Morgan fingerprint density at radius 2 is 1.15 bits per heavy atom. The molecule has 2 rings (SSSR count). The van der Waals surface area contributed by atoms with Crippen molar-refractivity contribution in [1.29, 1.82) is 0 Å². The summed E-state index contributed by atoms with van der Waals surface area (Å²) in [7, 11) is 0. The average Bonchev–Trinajstić information content (AvgIpc) is 2.14. The minimum atomic E-state index is 0.665. The van der Waals surface area contributed by atoms with E-state index in [0.717, 1.165) is 0 Å². The second kappa shape index (κ2) is 4.97. The summed E-state index contributed by atoms with van der Waals surface area (Å²) >= 11 is 4.54. The van der Waals surface area contributed by atoms with Crippen LogP contribution >= 0.6 is 23.5 Å². The van der Waals surface area contributed by atoms with Gasteiger partial charge in [-0.15, -0.1) is 23.5 Å². The Hall–Kier alpha value is 0.700. The minimum absolute atomic E-state index is 0.665. The van der Waals surface area contributed by atoms with Gasteiger partial charge in [0.1, 0.15) is 0 Å². The van der Waals surface area contributed by atoms with Crippen LogP contribution in [0.4, 0.5) is 0 Å². The van der Waals surface area contributed by atoms with Crippen LogP contribution in [0.25, 0.3) is 0 Å². The second-order valence-electron chi connectivity index (χ2n) is 4.23. The van der Waals surface area contributed by atoms with Gasteiger partial charge in [0.25, 0.3) is 0 Å². The highest BCUT2D eigenvalue weighted by atomic mass is 32.2. The first kappa shape index (κ1) is 10.2. The highest BCUT2D eigenvalue weighted by molar-refractivity contribution is 8.18. The van der Waals surface area contributed by atoms with E-state index in [4.69, 9.17) is 0 Å². The molecular weight excluding hydrogens is 196 g/mol. The van der Waals surface area contributed by atoms with E-state index in [1.165, 1.54) is 62.9 Å². The average molecular weight is 216 g/mol. The molecule has 0 unspecified atom stereocenters. The summed E-state index contributed by atoms with van der Waals surface area (Å²) in [6.45, 7) is 0. The van der Waals surface area contributed by atoms with Crippen LogP contribution in [0, 0.1) is 0 Å². The zero-order chi connectivity index (χ0) is 8.99. The molecule has 2 aliphatic rings. The van der Waals surface area contributed by atoms with E-state index in [9.17, 15) is 0 Å². The van der Waals surface area contributed by atoms with Crippen molar-refractivity contribution in [1.82, 2.24) is 0 Å². The van der Waals surface area contributed by atoms with E-state index in [-0.39, 0.29) is 0 Å². The first-order chi connectivity index (χ1) is 6.41. The van der Waals surface area contributed by atoms with E-state index in [1.807, 2.05) is 0 Å². The summed E-state index contributed by atoms with van der Waals surface area (Å²) < 4.78 is 0.665. The maximum absolute atomic E-state index is 2.27. The predicted octanol–water partition coefficient (Wildman–Crippen LogP) is 4.30. The largest absolute Gasteiger partial charge is 0.144 e. The summed E-state index contributed by atoms with van der Waals surface area (Å²) in [5.41, 5.74) is 0. The predicted molar refractivity (Wildman–Crippen MR) is 64.6 cm³/mol. The Kier molecular flexibility index (Phi) is 3.91. The summed E-state index contributed by atoms with van der Waals surface area (Å²) in [5, 5.41) is 0. The van der Waals surface area contributed by atoms with Gasteiger partial charge in [-0.05, 0) is 30.8 Å². The van der Waals surface area contributed by atoms with E-state index in [0.29, 0.717) is 4.08 Å². The van der Waals surface area contributed by atoms with Crippen molar-refractivity contribution in [2.45, 2.75) is 55.4 Å². The monoisotopic (exact) mass is 216 g/mol. The molecule has 1 saturated carbocycles. The number of hydrogen-bond acceptors (Lipinski definition) is 2. The molecule has 0 aromatic carbocycles. The molecule has 76 valence electrons. The third-order valence-electron chi connectivity index (χ3n) is 3.13. The van der Waals surface area contributed by atoms with Crippen LogP contribution in [-0.4, -0.2) is 15.6 Å². The molecule has 2 heteroatoms. The van der Waals surface area contributed by atoms with E-state index < -0.39 is 0 Å². The Balaban J connectivity index is 1.91. The Bertz CT molecular complexity index is 140. The van der Waals surface area contributed by atoms with Gasteiger partial charge in [-0.2, -0.15) is 0 Å². The quantitative estimate of drug-likeness (QED) is 0.592. The van der Waals surface area contributed by atoms with Crippen LogP contribution in [0.1, 0.15) is 51.4 Å². The van der Waals surface area contributed by atoms with Crippen LogP contribution in [0.5, 0.6) is 0 Å². The van der Waals surface area contributed by atoms with Crippen molar-refractivity contribution >= 4 is 23.5 Å². The Morgan fingerprint density at radius 3 is 1.77 bits per heavy atom. The first-order valence-electron chi connectivity index (χ1n) is 5.69. The molecule has 0 N–H and O–H groups in total. The van der Waals surface area contributed by atoms with Crippen LogP contribution < -0.4 is 0 Å². The summed E-state index contributed by atoms with van der Waals surface area (Å²) in [5.74, 6) is 2.85. The van der Waals surface area contributed by atoms with Crippen LogP contribution in [0.2, 0.25) is 0 Å². The lowest BCUT2D eigenvalue weighted by atomic mass is 10.00. The third-order valence-corrected chi connectivity index (χ3v) is 6.70. The minimum Gasteiger partial charge on any atom is -0.144 e. The molecule has 0 atom stereocenters. The molecule has 0 aromatic heterocycles. The second-order valence-corrected chi connectivity index (χ2v) is 7.44. The molecule has 1 aliphatic carbocycles. The SMILES string of the molecule is C1CCCC2(CCC1)SCCCS2. The van der Waals surface area contributed by atoms with Gasteiger partial charge in [0.15, 0.2) is 0 Å². The van der Waals surface area contributed by atoms with Gasteiger partial charge in [0, 0.05) is 0 Å². The number of hydrogen-bond donors (Lipinski definition) is 0. The highest BCUT2D eigenvalue weighted by Crippen LogP contribution is 2.49. The van der Waals surface area contributed by atoms with Crippen LogP contribution in [0.3, 0.4) is 0 Å². The zero-order valence-corrected chi connectivity index (χ0v) is 10.0. The normalized spacial score (nSPS) is 29.5. The molecule has 0 amide bonds. The molecule has 1 aliphatic heterocycles. The van der Waals surface area contributed by atoms with E-state index in [2.05, 4.69) is 23.5 Å². The smallest absolute Gasteiger partial charge is 0.0611 e. The Morgan fingerprint density at radius 1 is 0.615 bits per heavy atom. The molecule has 1 saturated heterocycles. The van der Waals surface area contributed by atoms with Gasteiger partial charge < -0.3 is 0 Å². The summed E-state index contributed by atoms with van der Waals surface area (Å²) in [6, 6.07) is 0. The molecule has 0 aromatic rings. The number of rotatable bonds is 0. The van der Waals surface area contributed by atoms with Crippen molar-refractivity contribution in [2.75, 3.05) is 11.5 Å². The van der Waals surface area contributed by atoms with Crippen molar-refractivity contribution < 1.29 is 0 Å². The third kappa shape index (κ3) is 2.82. The molecular formula is C11H20S2. The fraction of sp³-hybridized carbons (Fsp3) is 1.00. The summed E-state index contributed by atoms with van der Waals surface area (Å²) in [4.78, 5) is 0.